The summed E-state index contributed by atoms with van der Waals surface area (Å²) in [7, 11) is 0. The normalized spacial score (nSPS) is 15.4. The number of amides is 2. The van der Waals surface area contributed by atoms with Crippen LogP contribution in [0.1, 0.15) is 60.0 Å². The Labute approximate surface area is 160 Å². The van der Waals surface area contributed by atoms with E-state index in [1.165, 1.54) is 24.2 Å². The van der Waals surface area contributed by atoms with Gasteiger partial charge in [-0.1, -0.05) is 32.9 Å². The molecule has 2 heterocycles. The summed E-state index contributed by atoms with van der Waals surface area (Å²) < 4.78 is 0. The number of nitrogens with one attached hydrogen (secondary N) is 1. The van der Waals surface area contributed by atoms with Crippen molar-refractivity contribution in [2.24, 2.45) is 0 Å². The zero-order chi connectivity index (χ0) is 19.4. The summed E-state index contributed by atoms with van der Waals surface area (Å²) in [4.78, 5) is 34.7. The standard InChI is InChI=1S/C21H26N4O2/c1-21(2,3)16-6-4-15(5-7-16)20(27)25-12-8-17(9-13-25)24-19(26)18-14-22-10-11-23-18/h4-7,10-11,14,17H,8-9,12-13H2,1-3H3,(H,24,26). The number of carbonyl (C=O) groups is 2. The second kappa shape index (κ2) is 7.86. The summed E-state index contributed by atoms with van der Waals surface area (Å²) >= 11 is 0. The lowest BCUT2D eigenvalue weighted by atomic mass is 9.86. The number of piperidine rings is 1. The van der Waals surface area contributed by atoms with Gasteiger partial charge in [-0.05, 0) is 36.0 Å². The monoisotopic (exact) mass is 366 g/mol. The van der Waals surface area contributed by atoms with E-state index in [0.717, 1.165) is 12.8 Å². The van der Waals surface area contributed by atoms with Crippen LogP contribution in [0.5, 0.6) is 0 Å². The Kier molecular flexibility index (Phi) is 5.54. The van der Waals surface area contributed by atoms with Crippen molar-refractivity contribution in [3.05, 3.63) is 59.7 Å². The first-order valence-corrected chi connectivity index (χ1v) is 9.31. The van der Waals surface area contributed by atoms with Crippen molar-refractivity contribution in [3.8, 4) is 0 Å². The van der Waals surface area contributed by atoms with E-state index in [1.807, 2.05) is 29.2 Å². The van der Waals surface area contributed by atoms with Gasteiger partial charge in [-0.2, -0.15) is 0 Å². The molecule has 0 aliphatic carbocycles. The lowest BCUT2D eigenvalue weighted by molar-refractivity contribution is 0.0697. The fourth-order valence-electron chi connectivity index (χ4n) is 3.20. The number of aromatic nitrogens is 2. The van der Waals surface area contributed by atoms with Gasteiger partial charge in [0.2, 0.25) is 0 Å². The highest BCUT2D eigenvalue weighted by molar-refractivity contribution is 5.94. The van der Waals surface area contributed by atoms with E-state index in [-0.39, 0.29) is 23.3 Å². The van der Waals surface area contributed by atoms with E-state index >= 15 is 0 Å². The average molecular weight is 366 g/mol. The number of nitrogens with zero attached hydrogens (tertiary/aromatic N) is 3. The molecule has 142 valence electrons. The van der Waals surface area contributed by atoms with Crippen LogP contribution >= 0.6 is 0 Å². The minimum Gasteiger partial charge on any atom is -0.348 e. The van der Waals surface area contributed by atoms with Crippen LogP contribution in [0, 0.1) is 0 Å². The Balaban J connectivity index is 1.54. The van der Waals surface area contributed by atoms with Crippen LogP contribution in [0.15, 0.2) is 42.9 Å². The quantitative estimate of drug-likeness (QED) is 0.906. The molecule has 1 aliphatic rings. The molecule has 2 amide bonds. The van der Waals surface area contributed by atoms with Crippen molar-refractivity contribution in [1.82, 2.24) is 20.2 Å². The Morgan fingerprint density at radius 1 is 1.07 bits per heavy atom. The molecule has 0 bridgehead atoms. The maximum absolute atomic E-state index is 12.7. The molecule has 27 heavy (non-hydrogen) atoms. The predicted octanol–water partition coefficient (Wildman–Crippen LogP) is 2.81. The lowest BCUT2D eigenvalue weighted by Gasteiger charge is -2.32. The SMILES string of the molecule is CC(C)(C)c1ccc(C(=O)N2CCC(NC(=O)c3cnccn3)CC2)cc1. The topological polar surface area (TPSA) is 75.2 Å². The van der Waals surface area contributed by atoms with E-state index in [9.17, 15) is 9.59 Å². The van der Waals surface area contributed by atoms with Gasteiger partial charge in [-0.15, -0.1) is 0 Å². The fraction of sp³-hybridized carbons (Fsp3) is 0.429. The number of rotatable bonds is 3. The van der Waals surface area contributed by atoms with Crippen molar-refractivity contribution in [3.63, 3.8) is 0 Å². The molecule has 0 spiro atoms. The molecule has 2 aromatic rings. The smallest absolute Gasteiger partial charge is 0.271 e. The first-order chi connectivity index (χ1) is 12.8. The molecule has 1 saturated heterocycles. The minimum absolute atomic E-state index is 0.0480. The van der Waals surface area contributed by atoms with Crippen molar-refractivity contribution < 1.29 is 9.59 Å². The molecule has 3 rings (SSSR count). The molecular weight excluding hydrogens is 340 g/mol. The molecular formula is C21H26N4O2. The summed E-state index contributed by atoms with van der Waals surface area (Å²) in [6.45, 7) is 7.73. The van der Waals surface area contributed by atoms with Gasteiger partial charge in [-0.25, -0.2) is 4.98 Å². The minimum atomic E-state index is -0.217. The highest BCUT2D eigenvalue weighted by Gasteiger charge is 2.25. The number of hydrogen-bond acceptors (Lipinski definition) is 4. The van der Waals surface area contributed by atoms with Gasteiger partial charge >= 0.3 is 0 Å². The third kappa shape index (κ3) is 4.70. The highest BCUT2D eigenvalue weighted by Crippen LogP contribution is 2.23. The molecule has 1 aromatic carbocycles. The third-order valence-corrected chi connectivity index (χ3v) is 4.91. The largest absolute Gasteiger partial charge is 0.348 e. The van der Waals surface area contributed by atoms with Gasteiger partial charge in [0, 0.05) is 37.1 Å². The molecule has 1 fully saturated rings. The van der Waals surface area contributed by atoms with Crippen LogP contribution in [0.3, 0.4) is 0 Å². The maximum Gasteiger partial charge on any atom is 0.271 e. The number of hydrogen-bond donors (Lipinski definition) is 1. The van der Waals surface area contributed by atoms with E-state index in [0.29, 0.717) is 24.3 Å². The lowest BCUT2D eigenvalue weighted by Crippen LogP contribution is -2.46. The molecule has 0 saturated carbocycles. The van der Waals surface area contributed by atoms with Gasteiger partial charge in [0.1, 0.15) is 5.69 Å². The molecule has 6 nitrogen and oxygen atoms in total. The second-order valence-electron chi connectivity index (χ2n) is 7.96. The molecule has 1 aromatic heterocycles. The first kappa shape index (κ1) is 19.0. The summed E-state index contributed by atoms with van der Waals surface area (Å²) in [6, 6.07) is 7.92. The number of likely N-dealkylation sites (tertiary alicyclic amines) is 1. The van der Waals surface area contributed by atoms with Crippen LogP contribution in [-0.2, 0) is 5.41 Å². The zero-order valence-electron chi connectivity index (χ0n) is 16.1. The van der Waals surface area contributed by atoms with Crippen molar-refractivity contribution in [2.75, 3.05) is 13.1 Å². The van der Waals surface area contributed by atoms with E-state index in [2.05, 4.69) is 36.1 Å². The Morgan fingerprint density at radius 2 is 1.74 bits per heavy atom. The Morgan fingerprint density at radius 3 is 2.30 bits per heavy atom. The van der Waals surface area contributed by atoms with Gasteiger partial charge in [-0.3, -0.25) is 14.6 Å². The molecule has 6 heteroatoms. The molecule has 0 atom stereocenters. The van der Waals surface area contributed by atoms with Crippen LogP contribution < -0.4 is 5.32 Å². The van der Waals surface area contributed by atoms with Gasteiger partial charge in [0.15, 0.2) is 0 Å². The summed E-state index contributed by atoms with van der Waals surface area (Å²) in [5, 5.41) is 2.98. The summed E-state index contributed by atoms with van der Waals surface area (Å²) in [5.41, 5.74) is 2.31. The van der Waals surface area contributed by atoms with Crippen LogP contribution in [-0.4, -0.2) is 45.8 Å². The molecule has 0 unspecified atom stereocenters. The zero-order valence-corrected chi connectivity index (χ0v) is 16.1. The fourth-order valence-corrected chi connectivity index (χ4v) is 3.20. The molecule has 0 radical (unpaired) electrons. The number of carbonyl (C=O) groups excluding carboxylic acids is 2. The van der Waals surface area contributed by atoms with E-state index in [4.69, 9.17) is 0 Å². The average Bonchev–Trinajstić information content (AvgIpc) is 2.68. The first-order valence-electron chi connectivity index (χ1n) is 9.31. The maximum atomic E-state index is 12.7. The van der Waals surface area contributed by atoms with Crippen molar-refractivity contribution in [1.29, 1.82) is 0 Å². The second-order valence-corrected chi connectivity index (χ2v) is 7.96. The summed E-state index contributed by atoms with van der Waals surface area (Å²) in [5.74, 6) is -0.167. The number of benzene rings is 1. The molecule has 1 aliphatic heterocycles. The third-order valence-electron chi connectivity index (χ3n) is 4.91. The van der Waals surface area contributed by atoms with Crippen LogP contribution in [0.2, 0.25) is 0 Å². The Hall–Kier alpha value is -2.76. The van der Waals surface area contributed by atoms with Gasteiger partial charge < -0.3 is 10.2 Å². The van der Waals surface area contributed by atoms with E-state index in [1.54, 1.807) is 0 Å². The molecule has 1 N–H and O–H groups in total. The highest BCUT2D eigenvalue weighted by atomic mass is 16.2. The summed E-state index contributed by atoms with van der Waals surface area (Å²) in [6.07, 6.45) is 5.96. The van der Waals surface area contributed by atoms with Crippen molar-refractivity contribution in [2.45, 2.75) is 45.1 Å². The van der Waals surface area contributed by atoms with Gasteiger partial charge in [0.25, 0.3) is 11.8 Å². The predicted molar refractivity (Wildman–Crippen MR) is 104 cm³/mol. The Bertz CT molecular complexity index is 789. The van der Waals surface area contributed by atoms with E-state index < -0.39 is 0 Å². The van der Waals surface area contributed by atoms with Crippen LogP contribution in [0.4, 0.5) is 0 Å². The van der Waals surface area contributed by atoms with Crippen LogP contribution in [0.25, 0.3) is 0 Å². The van der Waals surface area contributed by atoms with Gasteiger partial charge in [0.05, 0.1) is 6.20 Å². The van der Waals surface area contributed by atoms with Crippen molar-refractivity contribution >= 4 is 11.8 Å².